The van der Waals surface area contributed by atoms with E-state index in [0.29, 0.717) is 0 Å². The van der Waals surface area contributed by atoms with Crippen molar-refractivity contribution in [3.8, 4) is 0 Å². The molecule has 0 fully saturated rings. The Morgan fingerprint density at radius 2 is 1.54 bits per heavy atom. The summed E-state index contributed by atoms with van der Waals surface area (Å²) in [6, 6.07) is 0. The summed E-state index contributed by atoms with van der Waals surface area (Å²) in [5, 5.41) is 0. The van der Waals surface area contributed by atoms with Gasteiger partial charge in [-0.2, -0.15) is 0 Å². The van der Waals surface area contributed by atoms with E-state index in [2.05, 4.69) is 15.9 Å². The molecule has 72 valence electrons. The van der Waals surface area contributed by atoms with E-state index in [0.717, 1.165) is 21.2 Å². The fourth-order valence-electron chi connectivity index (χ4n) is 1.53. The van der Waals surface area contributed by atoms with Gasteiger partial charge in [-0.15, -0.1) is 0 Å². The summed E-state index contributed by atoms with van der Waals surface area (Å²) in [5.74, 6) is 0.241. The highest BCUT2D eigenvalue weighted by atomic mass is 79.9. The molecule has 0 aromatic carbocycles. The number of ketones is 1. The molecule has 0 radical (unpaired) electrons. The largest absolute Gasteiger partial charge is 0.294 e. The summed E-state index contributed by atoms with van der Waals surface area (Å²) >= 11 is 3.53. The summed E-state index contributed by atoms with van der Waals surface area (Å²) < 4.78 is 1.09. The molecule has 0 amide bonds. The van der Waals surface area contributed by atoms with Crippen LogP contribution in [0.5, 0.6) is 0 Å². The lowest BCUT2D eigenvalue weighted by Gasteiger charge is -2.31. The average molecular weight is 243 g/mol. The standard InChI is InChI=1S/C11H15BrO/c1-6-7(2)10(13)11(4,5)8(3)9(6)12/h1-5H3. The van der Waals surface area contributed by atoms with E-state index >= 15 is 0 Å². The average Bonchev–Trinajstić information content (AvgIpc) is 2.09. The first-order chi connectivity index (χ1) is 5.80. The SMILES string of the molecule is CC1=C(C)C(Br)=C(C)C(C)(C)C1=O. The monoisotopic (exact) mass is 242 g/mol. The molecule has 0 heterocycles. The second-order valence-electron chi connectivity index (χ2n) is 4.14. The first kappa shape index (κ1) is 10.7. The van der Waals surface area contributed by atoms with Crippen LogP contribution in [0.3, 0.4) is 0 Å². The summed E-state index contributed by atoms with van der Waals surface area (Å²) in [5.41, 5.74) is 2.73. The Hall–Kier alpha value is -0.370. The Labute approximate surface area is 88.0 Å². The van der Waals surface area contributed by atoms with Crippen molar-refractivity contribution >= 4 is 21.7 Å². The molecule has 13 heavy (non-hydrogen) atoms. The molecule has 0 bridgehead atoms. The predicted molar refractivity (Wildman–Crippen MR) is 58.8 cm³/mol. The number of carbonyl (C=O) groups is 1. The van der Waals surface area contributed by atoms with Crippen molar-refractivity contribution in [2.45, 2.75) is 34.6 Å². The predicted octanol–water partition coefficient (Wildman–Crippen LogP) is 3.60. The van der Waals surface area contributed by atoms with Crippen molar-refractivity contribution in [2.75, 3.05) is 0 Å². The number of Topliss-reactive ketones (excluding diaryl/α,β-unsaturated/α-hetero) is 1. The zero-order chi connectivity index (χ0) is 10.4. The smallest absolute Gasteiger partial charge is 0.168 e. The molecular weight excluding hydrogens is 228 g/mol. The third kappa shape index (κ3) is 1.41. The number of allylic oxidation sites excluding steroid dienone is 4. The zero-order valence-electron chi connectivity index (χ0n) is 8.79. The normalized spacial score (nSPS) is 22.8. The van der Waals surface area contributed by atoms with E-state index in [1.165, 1.54) is 0 Å². The Morgan fingerprint density at radius 1 is 1.08 bits per heavy atom. The second kappa shape index (κ2) is 3.09. The molecule has 1 aliphatic carbocycles. The van der Waals surface area contributed by atoms with E-state index in [9.17, 15) is 4.79 Å². The molecule has 0 aromatic heterocycles. The van der Waals surface area contributed by atoms with Crippen LogP contribution in [0.2, 0.25) is 0 Å². The minimum absolute atomic E-state index is 0.241. The minimum Gasteiger partial charge on any atom is -0.294 e. The highest BCUT2D eigenvalue weighted by Gasteiger charge is 2.36. The summed E-state index contributed by atoms with van der Waals surface area (Å²) in [4.78, 5) is 11.9. The molecule has 1 aliphatic rings. The molecule has 2 heteroatoms. The van der Waals surface area contributed by atoms with Crippen molar-refractivity contribution < 1.29 is 4.79 Å². The van der Waals surface area contributed by atoms with Gasteiger partial charge in [-0.25, -0.2) is 0 Å². The Bertz CT molecular complexity index is 332. The maximum Gasteiger partial charge on any atom is 0.168 e. The van der Waals surface area contributed by atoms with Crippen LogP contribution in [0, 0.1) is 5.41 Å². The molecule has 0 aromatic rings. The molecule has 0 aliphatic heterocycles. The quantitative estimate of drug-likeness (QED) is 0.635. The van der Waals surface area contributed by atoms with Gasteiger partial charge >= 0.3 is 0 Å². The van der Waals surface area contributed by atoms with Crippen molar-refractivity contribution in [3.63, 3.8) is 0 Å². The first-order valence-corrected chi connectivity index (χ1v) is 5.19. The van der Waals surface area contributed by atoms with Gasteiger partial charge in [0.25, 0.3) is 0 Å². The maximum atomic E-state index is 11.9. The lowest BCUT2D eigenvalue weighted by Crippen LogP contribution is -2.30. The van der Waals surface area contributed by atoms with Crippen molar-refractivity contribution in [1.29, 1.82) is 0 Å². The van der Waals surface area contributed by atoms with Crippen LogP contribution >= 0.6 is 15.9 Å². The van der Waals surface area contributed by atoms with Gasteiger partial charge in [-0.3, -0.25) is 4.79 Å². The molecule has 0 unspecified atom stereocenters. The molecule has 1 rings (SSSR count). The highest BCUT2D eigenvalue weighted by molar-refractivity contribution is 9.12. The fourth-order valence-corrected chi connectivity index (χ4v) is 2.32. The second-order valence-corrected chi connectivity index (χ2v) is 4.94. The first-order valence-electron chi connectivity index (χ1n) is 4.39. The van der Waals surface area contributed by atoms with Crippen molar-refractivity contribution in [2.24, 2.45) is 5.41 Å². The summed E-state index contributed by atoms with van der Waals surface area (Å²) in [6.07, 6.45) is 0. The third-order valence-electron chi connectivity index (χ3n) is 3.07. The van der Waals surface area contributed by atoms with E-state index in [1.54, 1.807) is 0 Å². The topological polar surface area (TPSA) is 17.1 Å². The van der Waals surface area contributed by atoms with Crippen LogP contribution in [0.1, 0.15) is 34.6 Å². The number of hydrogen-bond donors (Lipinski definition) is 0. The van der Waals surface area contributed by atoms with Crippen LogP contribution in [0.15, 0.2) is 21.2 Å². The van der Waals surface area contributed by atoms with Crippen LogP contribution in [0.25, 0.3) is 0 Å². The van der Waals surface area contributed by atoms with E-state index < -0.39 is 0 Å². The number of hydrogen-bond acceptors (Lipinski definition) is 1. The maximum absolute atomic E-state index is 11.9. The van der Waals surface area contributed by atoms with E-state index in [1.807, 2.05) is 34.6 Å². The molecule has 0 atom stereocenters. The van der Waals surface area contributed by atoms with E-state index in [4.69, 9.17) is 0 Å². The van der Waals surface area contributed by atoms with Crippen molar-refractivity contribution in [3.05, 3.63) is 21.2 Å². The van der Waals surface area contributed by atoms with Crippen LogP contribution < -0.4 is 0 Å². The minimum atomic E-state index is -0.345. The van der Waals surface area contributed by atoms with Crippen molar-refractivity contribution in [1.82, 2.24) is 0 Å². The Morgan fingerprint density at radius 3 is 2.00 bits per heavy atom. The number of rotatable bonds is 0. The van der Waals surface area contributed by atoms with Gasteiger partial charge in [0.15, 0.2) is 5.78 Å². The summed E-state index contributed by atoms with van der Waals surface area (Å²) in [7, 11) is 0. The van der Waals surface area contributed by atoms with E-state index in [-0.39, 0.29) is 11.2 Å². The molecule has 0 saturated heterocycles. The van der Waals surface area contributed by atoms with Crippen LogP contribution in [-0.4, -0.2) is 5.78 Å². The number of carbonyl (C=O) groups excluding carboxylic acids is 1. The molecular formula is C11H15BrO. The number of halogens is 1. The lowest BCUT2D eigenvalue weighted by molar-refractivity contribution is -0.121. The molecule has 1 nitrogen and oxygen atoms in total. The van der Waals surface area contributed by atoms with Crippen LogP contribution in [0.4, 0.5) is 0 Å². The van der Waals surface area contributed by atoms with Gasteiger partial charge in [0.05, 0.1) is 0 Å². The van der Waals surface area contributed by atoms with Crippen LogP contribution in [-0.2, 0) is 4.79 Å². The lowest BCUT2D eigenvalue weighted by atomic mass is 9.73. The Balaban J connectivity index is 3.41. The van der Waals surface area contributed by atoms with Gasteiger partial charge in [0.2, 0.25) is 0 Å². The van der Waals surface area contributed by atoms with Gasteiger partial charge in [0.1, 0.15) is 0 Å². The van der Waals surface area contributed by atoms with Gasteiger partial charge in [-0.05, 0) is 51.3 Å². The summed E-state index contributed by atoms with van der Waals surface area (Å²) in [6.45, 7) is 9.84. The van der Waals surface area contributed by atoms with Gasteiger partial charge < -0.3 is 0 Å². The molecule has 0 N–H and O–H groups in total. The zero-order valence-corrected chi connectivity index (χ0v) is 10.4. The molecule has 0 saturated carbocycles. The highest BCUT2D eigenvalue weighted by Crippen LogP contribution is 2.42. The molecule has 0 spiro atoms. The Kier molecular flexibility index (Phi) is 2.54. The third-order valence-corrected chi connectivity index (χ3v) is 4.26. The van der Waals surface area contributed by atoms with Gasteiger partial charge in [0, 0.05) is 9.90 Å². The van der Waals surface area contributed by atoms with Gasteiger partial charge in [-0.1, -0.05) is 15.9 Å². The fraction of sp³-hybridized carbons (Fsp3) is 0.545.